The molecule has 0 atom stereocenters. The van der Waals surface area contributed by atoms with Crippen molar-refractivity contribution < 1.29 is 14.3 Å². The van der Waals surface area contributed by atoms with E-state index in [1.54, 1.807) is 13.8 Å². The van der Waals surface area contributed by atoms with E-state index in [1.807, 2.05) is 0 Å². The second-order valence-corrected chi connectivity index (χ2v) is 2.12. The molecule has 0 amide bonds. The predicted molar refractivity (Wildman–Crippen MR) is 33.3 cm³/mol. The molecule has 5 heteroatoms. The molecule has 2 radical (unpaired) electrons. The largest absolute Gasteiger partial charge is 0.328 e. The summed E-state index contributed by atoms with van der Waals surface area (Å²) in [6, 6.07) is 0. The van der Waals surface area contributed by atoms with Crippen molar-refractivity contribution in [3.05, 3.63) is 0 Å². The molecular weight excluding hydrogens is 155 g/mol. The van der Waals surface area contributed by atoms with Gasteiger partial charge >= 0.3 is 8.60 Å². The molecule has 0 spiro atoms. The molecule has 46 valence electrons. The van der Waals surface area contributed by atoms with E-state index in [9.17, 15) is 0 Å². The third kappa shape index (κ3) is 10.5. The SMILES string of the molecule is CC(C)OP(O)O.[Ca]. The first-order valence-corrected chi connectivity index (χ1v) is 3.14. The Morgan fingerprint density at radius 2 is 1.75 bits per heavy atom. The van der Waals surface area contributed by atoms with Crippen molar-refractivity contribution in [2.24, 2.45) is 0 Å². The molecule has 2 N–H and O–H groups in total. The number of rotatable bonds is 2. The van der Waals surface area contributed by atoms with E-state index in [0.717, 1.165) is 0 Å². The zero-order valence-corrected chi connectivity index (χ0v) is 8.14. The average molecular weight is 164 g/mol. The van der Waals surface area contributed by atoms with Gasteiger partial charge in [-0.15, -0.1) is 0 Å². The summed E-state index contributed by atoms with van der Waals surface area (Å²) in [7, 11) is -2.14. The topological polar surface area (TPSA) is 49.7 Å². The summed E-state index contributed by atoms with van der Waals surface area (Å²) in [6.45, 7) is 3.48. The third-order valence-electron chi connectivity index (χ3n) is 0.305. The molecule has 0 aromatic rings. The quantitative estimate of drug-likeness (QED) is 0.454. The van der Waals surface area contributed by atoms with Crippen LogP contribution in [-0.4, -0.2) is 53.6 Å². The second-order valence-electron chi connectivity index (χ2n) is 1.41. The minimum absolute atomic E-state index is 0. The van der Waals surface area contributed by atoms with Gasteiger partial charge in [-0.3, -0.25) is 0 Å². The fourth-order valence-electron chi connectivity index (χ4n) is 0.189. The molecule has 3 nitrogen and oxygen atoms in total. The summed E-state index contributed by atoms with van der Waals surface area (Å²) in [6.07, 6.45) is -0.0962. The van der Waals surface area contributed by atoms with Crippen LogP contribution in [0.3, 0.4) is 0 Å². The first-order chi connectivity index (χ1) is 3.13. The van der Waals surface area contributed by atoms with Crippen LogP contribution < -0.4 is 0 Å². The van der Waals surface area contributed by atoms with E-state index in [4.69, 9.17) is 9.79 Å². The molecule has 0 fully saturated rings. The Hall–Kier alpha value is 1.57. The molecule has 0 rings (SSSR count). The predicted octanol–water partition coefficient (Wildman–Crippen LogP) is 0.242. The average Bonchev–Trinajstić information content (AvgIpc) is 1.27. The van der Waals surface area contributed by atoms with Crippen LogP contribution in [0.5, 0.6) is 0 Å². The summed E-state index contributed by atoms with van der Waals surface area (Å²) < 4.78 is 4.43. The molecule has 0 unspecified atom stereocenters. The maximum absolute atomic E-state index is 8.12. The van der Waals surface area contributed by atoms with Crippen LogP contribution in [0.25, 0.3) is 0 Å². The zero-order chi connectivity index (χ0) is 5.86. The fraction of sp³-hybridized carbons (Fsp3) is 1.00. The van der Waals surface area contributed by atoms with Gasteiger partial charge in [-0.1, -0.05) is 0 Å². The normalized spacial score (nSPS) is 9.75. The zero-order valence-electron chi connectivity index (χ0n) is 5.03. The van der Waals surface area contributed by atoms with Gasteiger partial charge in [0.25, 0.3) is 0 Å². The van der Waals surface area contributed by atoms with Crippen LogP contribution in [0.15, 0.2) is 0 Å². The molecular formula is C3H9CaO3P. The molecule has 0 aliphatic rings. The Morgan fingerprint density at radius 3 is 1.75 bits per heavy atom. The van der Waals surface area contributed by atoms with Gasteiger partial charge in [-0.05, 0) is 13.8 Å². The Kier molecular flexibility index (Phi) is 10.3. The van der Waals surface area contributed by atoms with E-state index >= 15 is 0 Å². The Labute approximate surface area is 80.0 Å². The Bertz CT molecular complexity index is 43.8. The molecule has 8 heavy (non-hydrogen) atoms. The molecule has 0 aromatic heterocycles. The van der Waals surface area contributed by atoms with E-state index in [2.05, 4.69) is 4.52 Å². The van der Waals surface area contributed by atoms with Crippen molar-refractivity contribution in [2.75, 3.05) is 0 Å². The summed E-state index contributed by atoms with van der Waals surface area (Å²) in [5.74, 6) is 0. The first-order valence-electron chi connectivity index (χ1n) is 1.97. The van der Waals surface area contributed by atoms with Crippen LogP contribution in [0.2, 0.25) is 0 Å². The van der Waals surface area contributed by atoms with E-state index in [0.29, 0.717) is 0 Å². The summed E-state index contributed by atoms with van der Waals surface area (Å²) in [4.78, 5) is 16.2. The Balaban J connectivity index is 0. The fourth-order valence-corrected chi connectivity index (χ4v) is 0.566. The molecule has 0 saturated heterocycles. The summed E-state index contributed by atoms with van der Waals surface area (Å²) in [5.41, 5.74) is 0. The minimum Gasteiger partial charge on any atom is -0.328 e. The van der Waals surface area contributed by atoms with E-state index in [1.165, 1.54) is 0 Å². The smallest absolute Gasteiger partial charge is 0.327 e. The van der Waals surface area contributed by atoms with Crippen molar-refractivity contribution in [2.45, 2.75) is 20.0 Å². The summed E-state index contributed by atoms with van der Waals surface area (Å²) in [5, 5.41) is 0. The summed E-state index contributed by atoms with van der Waals surface area (Å²) >= 11 is 0. The molecule has 0 bridgehead atoms. The molecule has 0 aliphatic carbocycles. The van der Waals surface area contributed by atoms with Crippen molar-refractivity contribution >= 4 is 46.3 Å². The van der Waals surface area contributed by atoms with Gasteiger partial charge < -0.3 is 14.3 Å². The maximum Gasteiger partial charge on any atom is 0.327 e. The van der Waals surface area contributed by atoms with Gasteiger partial charge in [0, 0.05) is 37.7 Å². The van der Waals surface area contributed by atoms with Gasteiger partial charge in [-0.2, -0.15) is 0 Å². The van der Waals surface area contributed by atoms with Crippen molar-refractivity contribution in [3.8, 4) is 0 Å². The van der Waals surface area contributed by atoms with Gasteiger partial charge in [0.2, 0.25) is 0 Å². The van der Waals surface area contributed by atoms with Crippen LogP contribution >= 0.6 is 8.60 Å². The van der Waals surface area contributed by atoms with Crippen LogP contribution in [0.4, 0.5) is 0 Å². The van der Waals surface area contributed by atoms with Crippen LogP contribution in [0.1, 0.15) is 13.8 Å². The maximum atomic E-state index is 8.12. The monoisotopic (exact) mass is 164 g/mol. The molecule has 0 aliphatic heterocycles. The second kappa shape index (κ2) is 6.69. The van der Waals surface area contributed by atoms with E-state index in [-0.39, 0.29) is 43.8 Å². The van der Waals surface area contributed by atoms with Gasteiger partial charge in [0.1, 0.15) is 0 Å². The van der Waals surface area contributed by atoms with Crippen molar-refractivity contribution in [1.82, 2.24) is 0 Å². The van der Waals surface area contributed by atoms with Gasteiger partial charge in [-0.25, -0.2) is 0 Å². The van der Waals surface area contributed by atoms with Crippen molar-refractivity contribution in [1.29, 1.82) is 0 Å². The van der Waals surface area contributed by atoms with E-state index < -0.39 is 8.60 Å². The number of hydrogen-bond donors (Lipinski definition) is 2. The molecule has 0 saturated carbocycles. The molecule has 0 aromatic carbocycles. The first kappa shape index (κ1) is 12.3. The number of hydrogen-bond acceptors (Lipinski definition) is 3. The molecule has 0 heterocycles. The Morgan fingerprint density at radius 1 is 1.38 bits per heavy atom. The van der Waals surface area contributed by atoms with Gasteiger partial charge in [0.05, 0.1) is 6.10 Å². The third-order valence-corrected chi connectivity index (χ3v) is 0.915. The van der Waals surface area contributed by atoms with Gasteiger partial charge in [0.15, 0.2) is 0 Å². The van der Waals surface area contributed by atoms with Crippen LogP contribution in [-0.2, 0) is 4.52 Å². The van der Waals surface area contributed by atoms with Crippen molar-refractivity contribution in [3.63, 3.8) is 0 Å². The standard InChI is InChI=1S/C3H9O3P.Ca/c1-3(2)6-7(4)5;/h3-5H,1-2H3;. The minimum atomic E-state index is -2.14. The van der Waals surface area contributed by atoms with Crippen LogP contribution in [0, 0.1) is 0 Å².